The highest BCUT2D eigenvalue weighted by Gasteiger charge is 2.18. The first kappa shape index (κ1) is 13.6. The Morgan fingerprint density at radius 3 is 2.50 bits per heavy atom. The first-order valence-electron chi connectivity index (χ1n) is 6.65. The lowest BCUT2D eigenvalue weighted by Crippen LogP contribution is -2.36. The molecule has 1 amide bonds. The number of hydrogen-bond acceptors (Lipinski definition) is 1. The zero-order chi connectivity index (χ0) is 13.1. The van der Waals surface area contributed by atoms with Gasteiger partial charge in [0.1, 0.15) is 0 Å². The largest absolute Gasteiger partial charge is 0.349 e. The number of amides is 1. The molecule has 1 saturated carbocycles. The summed E-state index contributed by atoms with van der Waals surface area (Å²) in [5.41, 5.74) is 3.00. The molecule has 1 fully saturated rings. The van der Waals surface area contributed by atoms with Gasteiger partial charge >= 0.3 is 0 Å². The van der Waals surface area contributed by atoms with Crippen molar-refractivity contribution in [1.82, 2.24) is 5.32 Å². The summed E-state index contributed by atoms with van der Waals surface area (Å²) < 4.78 is 1.00. The molecule has 18 heavy (non-hydrogen) atoms. The Bertz CT molecular complexity index is 450. The van der Waals surface area contributed by atoms with Crippen LogP contribution in [0.3, 0.4) is 0 Å². The van der Waals surface area contributed by atoms with Crippen LogP contribution >= 0.6 is 15.9 Å². The Morgan fingerprint density at radius 1 is 1.17 bits per heavy atom. The van der Waals surface area contributed by atoms with Gasteiger partial charge in [-0.15, -0.1) is 0 Å². The summed E-state index contributed by atoms with van der Waals surface area (Å²) in [4.78, 5) is 12.3. The third-order valence-electron chi connectivity index (χ3n) is 3.69. The fourth-order valence-electron chi connectivity index (χ4n) is 2.58. The molecule has 1 aliphatic carbocycles. The molecular weight excluding hydrogens is 290 g/mol. The maximum atomic E-state index is 12.3. The van der Waals surface area contributed by atoms with E-state index in [2.05, 4.69) is 27.3 Å². The van der Waals surface area contributed by atoms with Crippen LogP contribution in [0.1, 0.15) is 53.6 Å². The highest BCUT2D eigenvalue weighted by molar-refractivity contribution is 9.10. The van der Waals surface area contributed by atoms with Gasteiger partial charge in [0.05, 0.1) is 0 Å². The zero-order valence-electron chi connectivity index (χ0n) is 11.1. The number of nitrogens with one attached hydrogen (secondary N) is 1. The van der Waals surface area contributed by atoms with Crippen LogP contribution in [-0.4, -0.2) is 11.9 Å². The van der Waals surface area contributed by atoms with Crippen LogP contribution in [0, 0.1) is 13.8 Å². The number of rotatable bonds is 2. The predicted octanol–water partition coefficient (Wildman–Crippen LogP) is 4.13. The van der Waals surface area contributed by atoms with E-state index in [1.165, 1.54) is 24.8 Å². The fourth-order valence-corrected chi connectivity index (χ4v) is 2.92. The number of benzene rings is 1. The molecule has 0 unspecified atom stereocenters. The van der Waals surface area contributed by atoms with Gasteiger partial charge in [-0.2, -0.15) is 0 Å². The minimum Gasteiger partial charge on any atom is -0.349 e. The summed E-state index contributed by atoms with van der Waals surface area (Å²) in [6.07, 6.45) is 6.03. The predicted molar refractivity (Wildman–Crippen MR) is 78.0 cm³/mol. The minimum atomic E-state index is 0.0695. The van der Waals surface area contributed by atoms with Crippen LogP contribution < -0.4 is 5.32 Å². The Labute approximate surface area is 117 Å². The molecule has 0 saturated heterocycles. The van der Waals surface area contributed by atoms with E-state index in [0.29, 0.717) is 6.04 Å². The monoisotopic (exact) mass is 309 g/mol. The molecule has 0 heterocycles. The normalized spacial score (nSPS) is 16.6. The van der Waals surface area contributed by atoms with Gasteiger partial charge in [-0.3, -0.25) is 4.79 Å². The van der Waals surface area contributed by atoms with Gasteiger partial charge < -0.3 is 5.32 Å². The Balaban J connectivity index is 2.10. The average molecular weight is 310 g/mol. The van der Waals surface area contributed by atoms with E-state index in [-0.39, 0.29) is 5.91 Å². The van der Waals surface area contributed by atoms with Crippen molar-refractivity contribution in [2.75, 3.05) is 0 Å². The molecule has 0 atom stereocenters. The van der Waals surface area contributed by atoms with Gasteiger partial charge in [0.15, 0.2) is 0 Å². The van der Waals surface area contributed by atoms with Crippen LogP contribution in [-0.2, 0) is 0 Å². The second-order valence-corrected chi connectivity index (χ2v) is 6.08. The maximum Gasteiger partial charge on any atom is 0.251 e. The maximum absolute atomic E-state index is 12.3. The van der Waals surface area contributed by atoms with Gasteiger partial charge in [-0.1, -0.05) is 41.3 Å². The standard InChI is InChI=1S/C15H20BrNO/c1-10-8-11(2)14(16)9-13(10)15(18)17-12-6-4-3-5-7-12/h8-9,12H,3-7H2,1-2H3,(H,17,18). The molecule has 2 rings (SSSR count). The second kappa shape index (κ2) is 5.87. The lowest BCUT2D eigenvalue weighted by molar-refractivity contribution is 0.0927. The summed E-state index contributed by atoms with van der Waals surface area (Å²) in [7, 11) is 0. The number of aryl methyl sites for hydroxylation is 2. The highest BCUT2D eigenvalue weighted by Crippen LogP contribution is 2.22. The van der Waals surface area contributed by atoms with Crippen molar-refractivity contribution in [2.45, 2.75) is 52.0 Å². The number of halogens is 1. The van der Waals surface area contributed by atoms with E-state index in [9.17, 15) is 4.79 Å². The molecule has 1 aromatic carbocycles. The van der Waals surface area contributed by atoms with Crippen LogP contribution in [0.25, 0.3) is 0 Å². The molecule has 98 valence electrons. The number of carbonyl (C=O) groups is 1. The van der Waals surface area contributed by atoms with Gasteiger partial charge in [0.25, 0.3) is 5.91 Å². The van der Waals surface area contributed by atoms with Gasteiger partial charge in [-0.25, -0.2) is 0 Å². The van der Waals surface area contributed by atoms with Crippen molar-refractivity contribution in [3.63, 3.8) is 0 Å². The Kier molecular flexibility index (Phi) is 4.44. The van der Waals surface area contributed by atoms with Crippen molar-refractivity contribution in [2.24, 2.45) is 0 Å². The van der Waals surface area contributed by atoms with Crippen LogP contribution in [0.4, 0.5) is 0 Å². The molecule has 1 aromatic rings. The van der Waals surface area contributed by atoms with E-state index in [1.54, 1.807) is 0 Å². The number of hydrogen-bond donors (Lipinski definition) is 1. The van der Waals surface area contributed by atoms with E-state index in [1.807, 2.05) is 19.9 Å². The van der Waals surface area contributed by atoms with Gasteiger partial charge in [0.2, 0.25) is 0 Å². The SMILES string of the molecule is Cc1cc(C)c(C(=O)NC2CCCCC2)cc1Br. The average Bonchev–Trinajstić information content (AvgIpc) is 2.35. The second-order valence-electron chi connectivity index (χ2n) is 5.22. The quantitative estimate of drug-likeness (QED) is 0.874. The smallest absolute Gasteiger partial charge is 0.251 e. The third-order valence-corrected chi connectivity index (χ3v) is 4.54. The Hall–Kier alpha value is -0.830. The van der Waals surface area contributed by atoms with Gasteiger partial charge in [0, 0.05) is 16.1 Å². The Morgan fingerprint density at radius 2 is 1.83 bits per heavy atom. The zero-order valence-corrected chi connectivity index (χ0v) is 12.6. The minimum absolute atomic E-state index is 0.0695. The lowest BCUT2D eigenvalue weighted by atomic mass is 9.95. The van der Waals surface area contributed by atoms with Crippen molar-refractivity contribution in [3.05, 3.63) is 33.3 Å². The molecular formula is C15H20BrNO. The molecule has 0 aromatic heterocycles. The molecule has 3 heteroatoms. The van der Waals surface area contributed by atoms with Crippen LogP contribution in [0.2, 0.25) is 0 Å². The summed E-state index contributed by atoms with van der Waals surface area (Å²) in [6, 6.07) is 4.36. The molecule has 0 bridgehead atoms. The van der Waals surface area contributed by atoms with Crippen molar-refractivity contribution in [3.8, 4) is 0 Å². The molecule has 1 aliphatic rings. The van der Waals surface area contributed by atoms with Crippen molar-refractivity contribution in [1.29, 1.82) is 0 Å². The molecule has 1 N–H and O–H groups in total. The van der Waals surface area contributed by atoms with Gasteiger partial charge in [-0.05, 0) is 43.9 Å². The summed E-state index contributed by atoms with van der Waals surface area (Å²) >= 11 is 3.49. The van der Waals surface area contributed by atoms with E-state index >= 15 is 0 Å². The molecule has 2 nitrogen and oxygen atoms in total. The highest BCUT2D eigenvalue weighted by atomic mass is 79.9. The van der Waals surface area contributed by atoms with E-state index in [4.69, 9.17) is 0 Å². The molecule has 0 radical (unpaired) electrons. The summed E-state index contributed by atoms with van der Waals surface area (Å²) in [6.45, 7) is 4.04. The van der Waals surface area contributed by atoms with E-state index in [0.717, 1.165) is 28.4 Å². The first-order chi connectivity index (χ1) is 8.58. The van der Waals surface area contributed by atoms with E-state index < -0.39 is 0 Å². The van der Waals surface area contributed by atoms with Crippen molar-refractivity contribution >= 4 is 21.8 Å². The fraction of sp³-hybridized carbons (Fsp3) is 0.533. The topological polar surface area (TPSA) is 29.1 Å². The third kappa shape index (κ3) is 3.14. The first-order valence-corrected chi connectivity index (χ1v) is 7.45. The number of carbonyl (C=O) groups excluding carboxylic acids is 1. The molecule has 0 aliphatic heterocycles. The van der Waals surface area contributed by atoms with Crippen LogP contribution in [0.15, 0.2) is 16.6 Å². The lowest BCUT2D eigenvalue weighted by Gasteiger charge is -2.23. The summed E-state index contributed by atoms with van der Waals surface area (Å²) in [5.74, 6) is 0.0695. The summed E-state index contributed by atoms with van der Waals surface area (Å²) in [5, 5.41) is 3.16. The van der Waals surface area contributed by atoms with Crippen molar-refractivity contribution < 1.29 is 4.79 Å². The molecule has 0 spiro atoms. The van der Waals surface area contributed by atoms with Crippen LogP contribution in [0.5, 0.6) is 0 Å².